The fraction of sp³-hybridized carbons (Fsp3) is 0.263. The quantitative estimate of drug-likeness (QED) is 0.778. The molecule has 6 nitrogen and oxygen atoms in total. The van der Waals surface area contributed by atoms with Gasteiger partial charge in [-0.15, -0.1) is 5.10 Å². The number of rotatable bonds is 4. The summed E-state index contributed by atoms with van der Waals surface area (Å²) in [6.45, 7) is 2.20. The Morgan fingerprint density at radius 3 is 2.50 bits per heavy atom. The second-order valence-electron chi connectivity index (χ2n) is 6.27. The molecule has 0 amide bonds. The maximum absolute atomic E-state index is 13.8. The Hall–Kier alpha value is -3.09. The van der Waals surface area contributed by atoms with Gasteiger partial charge in [0, 0.05) is 36.5 Å². The molecule has 0 bridgehead atoms. The second kappa shape index (κ2) is 6.67. The molecule has 1 fully saturated rings. The predicted octanol–water partition coefficient (Wildman–Crippen LogP) is 3.39. The summed E-state index contributed by atoms with van der Waals surface area (Å²) in [5.41, 5.74) is 3.25. The number of phenolic OH excluding ortho intramolecular Hbond substituents is 1. The number of phenols is 1. The zero-order valence-electron chi connectivity index (χ0n) is 14.4. The molecule has 0 saturated carbocycles. The Balaban J connectivity index is 1.61. The first-order chi connectivity index (χ1) is 12.7. The van der Waals surface area contributed by atoms with Crippen molar-refractivity contribution in [3.63, 3.8) is 0 Å². The number of aromatic nitrogens is 3. The zero-order chi connectivity index (χ0) is 18.1. The lowest BCUT2D eigenvalue weighted by Crippen LogP contribution is -2.17. The first-order valence-electron chi connectivity index (χ1n) is 8.50. The van der Waals surface area contributed by atoms with E-state index in [0.29, 0.717) is 11.4 Å². The van der Waals surface area contributed by atoms with Crippen LogP contribution in [0.5, 0.6) is 11.5 Å². The molecule has 3 aromatic rings. The van der Waals surface area contributed by atoms with Crippen LogP contribution in [0.4, 0.5) is 10.1 Å². The Labute approximate surface area is 150 Å². The fourth-order valence-electron chi connectivity index (χ4n) is 3.19. The molecule has 26 heavy (non-hydrogen) atoms. The van der Waals surface area contributed by atoms with E-state index in [1.165, 1.54) is 42.5 Å². The molecule has 0 spiro atoms. The van der Waals surface area contributed by atoms with Crippen LogP contribution in [-0.4, -0.2) is 40.3 Å². The molecule has 1 N–H and O–H groups in total. The van der Waals surface area contributed by atoms with E-state index in [-0.39, 0.29) is 5.75 Å². The zero-order valence-corrected chi connectivity index (χ0v) is 14.4. The summed E-state index contributed by atoms with van der Waals surface area (Å²) >= 11 is 0. The summed E-state index contributed by atoms with van der Waals surface area (Å²) in [6, 6.07) is 10.9. The lowest BCUT2D eigenvalue weighted by atomic mass is 10.1. The second-order valence-corrected chi connectivity index (χ2v) is 6.27. The van der Waals surface area contributed by atoms with Crippen molar-refractivity contribution in [2.24, 2.45) is 0 Å². The van der Waals surface area contributed by atoms with E-state index in [9.17, 15) is 9.50 Å². The first-order valence-corrected chi connectivity index (χ1v) is 8.50. The van der Waals surface area contributed by atoms with E-state index < -0.39 is 11.6 Å². The third kappa shape index (κ3) is 2.96. The number of benzene rings is 2. The van der Waals surface area contributed by atoms with Crippen LogP contribution in [0.25, 0.3) is 16.9 Å². The highest BCUT2D eigenvalue weighted by atomic mass is 19.1. The van der Waals surface area contributed by atoms with Crippen molar-refractivity contribution in [3.8, 4) is 28.4 Å². The van der Waals surface area contributed by atoms with Crippen molar-refractivity contribution in [1.29, 1.82) is 0 Å². The van der Waals surface area contributed by atoms with Crippen LogP contribution in [0.2, 0.25) is 0 Å². The van der Waals surface area contributed by atoms with E-state index in [1.54, 1.807) is 6.20 Å². The van der Waals surface area contributed by atoms with E-state index in [1.807, 2.05) is 12.1 Å². The van der Waals surface area contributed by atoms with E-state index in [2.05, 4.69) is 27.3 Å². The fourth-order valence-corrected chi connectivity index (χ4v) is 3.19. The average molecular weight is 354 g/mol. The monoisotopic (exact) mass is 354 g/mol. The molecule has 2 aromatic carbocycles. The summed E-state index contributed by atoms with van der Waals surface area (Å²) in [5, 5.41) is 17.9. The lowest BCUT2D eigenvalue weighted by molar-refractivity contribution is 0.356. The number of aromatic hydroxyl groups is 1. The Morgan fingerprint density at radius 1 is 1.08 bits per heavy atom. The van der Waals surface area contributed by atoms with Gasteiger partial charge in [-0.05, 0) is 25.0 Å². The van der Waals surface area contributed by atoms with E-state index >= 15 is 0 Å². The molecule has 7 heteroatoms. The third-order valence-corrected chi connectivity index (χ3v) is 4.63. The molecule has 1 aliphatic heterocycles. The number of nitrogens with zero attached hydrogens (tertiary/aromatic N) is 4. The van der Waals surface area contributed by atoms with Crippen LogP contribution in [0.1, 0.15) is 12.8 Å². The van der Waals surface area contributed by atoms with Gasteiger partial charge in [0.25, 0.3) is 0 Å². The molecule has 1 saturated heterocycles. The standard InChI is InChI=1S/C19H19FN4O2/c1-26-18-11-15(10-16(20)19(18)25)24-12-17(21-22-24)13-4-6-14(7-5-13)23-8-2-3-9-23/h4-7,10-12,25H,2-3,8-9H2,1H3. The molecular weight excluding hydrogens is 335 g/mol. The molecule has 2 heterocycles. The molecule has 0 unspecified atom stereocenters. The Kier molecular flexibility index (Phi) is 4.20. The van der Waals surface area contributed by atoms with Crippen LogP contribution in [0, 0.1) is 5.82 Å². The maximum Gasteiger partial charge on any atom is 0.194 e. The van der Waals surface area contributed by atoms with Gasteiger partial charge < -0.3 is 14.7 Å². The van der Waals surface area contributed by atoms with Gasteiger partial charge in [0.15, 0.2) is 17.3 Å². The van der Waals surface area contributed by atoms with Gasteiger partial charge in [0.1, 0.15) is 5.69 Å². The average Bonchev–Trinajstić information content (AvgIpc) is 3.36. The van der Waals surface area contributed by atoms with Crippen molar-refractivity contribution in [3.05, 3.63) is 48.4 Å². The molecule has 0 radical (unpaired) electrons. The first kappa shape index (κ1) is 16.4. The topological polar surface area (TPSA) is 63.4 Å². The number of hydrogen-bond acceptors (Lipinski definition) is 5. The number of halogens is 1. The molecule has 1 aromatic heterocycles. The minimum Gasteiger partial charge on any atom is -0.502 e. The van der Waals surface area contributed by atoms with Gasteiger partial charge in [-0.1, -0.05) is 17.3 Å². The molecule has 134 valence electrons. The number of ether oxygens (including phenoxy) is 1. The van der Waals surface area contributed by atoms with Crippen LogP contribution >= 0.6 is 0 Å². The maximum atomic E-state index is 13.8. The Morgan fingerprint density at radius 2 is 1.81 bits per heavy atom. The van der Waals surface area contributed by atoms with Gasteiger partial charge >= 0.3 is 0 Å². The van der Waals surface area contributed by atoms with Gasteiger partial charge in [0.2, 0.25) is 0 Å². The highest BCUT2D eigenvalue weighted by molar-refractivity contribution is 5.63. The number of anilines is 1. The lowest BCUT2D eigenvalue weighted by Gasteiger charge is -2.17. The Bertz CT molecular complexity index is 918. The number of methoxy groups -OCH3 is 1. The van der Waals surface area contributed by atoms with Crippen LogP contribution in [0.15, 0.2) is 42.6 Å². The van der Waals surface area contributed by atoms with Crippen LogP contribution < -0.4 is 9.64 Å². The van der Waals surface area contributed by atoms with Crippen LogP contribution in [0.3, 0.4) is 0 Å². The van der Waals surface area contributed by atoms with Gasteiger partial charge in [-0.3, -0.25) is 0 Å². The van der Waals surface area contributed by atoms with Gasteiger partial charge in [-0.2, -0.15) is 0 Å². The van der Waals surface area contributed by atoms with Crippen molar-refractivity contribution in [2.45, 2.75) is 12.8 Å². The predicted molar refractivity (Wildman–Crippen MR) is 96.4 cm³/mol. The van der Waals surface area contributed by atoms with Crippen molar-refractivity contribution in [1.82, 2.24) is 15.0 Å². The minimum atomic E-state index is -0.772. The molecule has 4 rings (SSSR count). The van der Waals surface area contributed by atoms with E-state index in [0.717, 1.165) is 18.7 Å². The molecule has 0 atom stereocenters. The summed E-state index contributed by atoms with van der Waals surface area (Å²) in [6.07, 6.45) is 4.20. The minimum absolute atomic E-state index is 0.0482. The van der Waals surface area contributed by atoms with Gasteiger partial charge in [0.05, 0.1) is 19.0 Å². The molecular formula is C19H19FN4O2. The molecule has 1 aliphatic rings. The third-order valence-electron chi connectivity index (χ3n) is 4.63. The van der Waals surface area contributed by atoms with Crippen molar-refractivity contribution >= 4 is 5.69 Å². The van der Waals surface area contributed by atoms with Crippen molar-refractivity contribution in [2.75, 3.05) is 25.1 Å². The summed E-state index contributed by atoms with van der Waals surface area (Å²) in [4.78, 5) is 2.37. The van der Waals surface area contributed by atoms with Crippen LogP contribution in [-0.2, 0) is 0 Å². The van der Waals surface area contributed by atoms with E-state index in [4.69, 9.17) is 4.74 Å². The summed E-state index contributed by atoms with van der Waals surface area (Å²) in [5.74, 6) is -1.24. The molecule has 0 aliphatic carbocycles. The largest absolute Gasteiger partial charge is 0.502 e. The summed E-state index contributed by atoms with van der Waals surface area (Å²) in [7, 11) is 1.37. The summed E-state index contributed by atoms with van der Waals surface area (Å²) < 4.78 is 20.3. The van der Waals surface area contributed by atoms with Gasteiger partial charge in [-0.25, -0.2) is 9.07 Å². The highest BCUT2D eigenvalue weighted by Crippen LogP contribution is 2.32. The normalized spacial score (nSPS) is 14.0. The SMILES string of the molecule is COc1cc(-n2cc(-c3ccc(N4CCCC4)cc3)nn2)cc(F)c1O. The van der Waals surface area contributed by atoms with Crippen molar-refractivity contribution < 1.29 is 14.2 Å². The number of hydrogen-bond donors (Lipinski definition) is 1. The highest BCUT2D eigenvalue weighted by Gasteiger charge is 2.14. The smallest absolute Gasteiger partial charge is 0.194 e.